The van der Waals surface area contributed by atoms with E-state index in [1.165, 1.54) is 0 Å². The number of rotatable bonds is 14. The molecule has 0 saturated carbocycles. The van der Waals surface area contributed by atoms with E-state index in [1.807, 2.05) is 0 Å². The van der Waals surface area contributed by atoms with E-state index < -0.39 is 90.9 Å². The first-order chi connectivity index (χ1) is 18.3. The Kier molecular flexibility index (Phi) is 10.3. The van der Waals surface area contributed by atoms with Crippen LogP contribution in [-0.2, 0) is 34.7 Å². The van der Waals surface area contributed by atoms with Gasteiger partial charge in [-0.3, -0.25) is 0 Å². The third-order valence-electron chi connectivity index (χ3n) is 3.79. The van der Waals surface area contributed by atoms with E-state index >= 15 is 0 Å². The fraction of sp³-hybridized carbons (Fsp3) is 0.667. The molecule has 43 heavy (non-hydrogen) atoms. The van der Waals surface area contributed by atoms with E-state index in [2.05, 4.69) is 4.74 Å². The maximum absolute atomic E-state index is 13.2. The third kappa shape index (κ3) is 6.54. The van der Waals surface area contributed by atoms with Crippen LogP contribution >= 0.6 is 0 Å². The average molecular weight is 738 g/mol. The molecule has 0 atom stereocenters. The van der Waals surface area contributed by atoms with Crippen molar-refractivity contribution in [3.63, 3.8) is 0 Å². The van der Waals surface area contributed by atoms with Gasteiger partial charge in [0.05, 0.1) is 0 Å². The summed E-state index contributed by atoms with van der Waals surface area (Å²) in [5, 5.41) is -15.6. The van der Waals surface area contributed by atoms with Crippen molar-refractivity contribution >= 4 is 20.4 Å². The second-order valence-electron chi connectivity index (χ2n) is 6.64. The van der Waals surface area contributed by atoms with Crippen LogP contribution in [0.5, 0.6) is 0 Å². The van der Waals surface area contributed by atoms with Crippen LogP contribution in [0.15, 0.2) is 24.1 Å². The van der Waals surface area contributed by atoms with Crippen LogP contribution in [0.25, 0.3) is 0 Å². The monoisotopic (exact) mass is 738 g/mol. The lowest BCUT2D eigenvalue weighted by Crippen LogP contribution is -2.64. The molecule has 0 aromatic rings. The zero-order chi connectivity index (χ0) is 35.4. The van der Waals surface area contributed by atoms with Crippen LogP contribution in [0.3, 0.4) is 0 Å². The Hall–Kier alpha value is -2.76. The average Bonchev–Trinajstić information content (AvgIpc) is 2.75. The summed E-state index contributed by atoms with van der Waals surface area (Å²) in [6, 6.07) is -17.6. The van der Waals surface area contributed by atoms with Gasteiger partial charge in [0, 0.05) is 0 Å². The van der Waals surface area contributed by atoms with Gasteiger partial charge in [0.15, 0.2) is 0 Å². The molecule has 0 rings (SSSR count). The predicted octanol–water partition coefficient (Wildman–Crippen LogP) is 6.68. The lowest BCUT2D eigenvalue weighted by atomic mass is 10.1. The minimum atomic E-state index is -8.24. The largest absolute Gasteiger partial charge is 0.473 e. The number of alkyl halides is 16. The normalized spacial score (nSPS) is 16.8. The smallest absolute Gasteiger partial charge is 0.397 e. The molecule has 256 valence electrons. The summed E-state index contributed by atoms with van der Waals surface area (Å²) in [6.07, 6.45) is -15.5. The van der Waals surface area contributed by atoms with Gasteiger partial charge in [-0.05, 0) is 0 Å². The third-order valence-corrected chi connectivity index (χ3v) is 5.52. The molecule has 0 saturated heterocycles. The molecule has 0 aliphatic carbocycles. The highest BCUT2D eigenvalue weighted by molar-refractivity contribution is 7.87. The van der Waals surface area contributed by atoms with Gasteiger partial charge < -0.3 is 14.2 Å². The number of ether oxygens (including phenoxy) is 3. The quantitative estimate of drug-likeness (QED) is 0.112. The molecule has 7 nitrogen and oxygen atoms in total. The Morgan fingerprint density at radius 2 is 0.605 bits per heavy atom. The summed E-state index contributed by atoms with van der Waals surface area (Å²) in [5.41, 5.74) is 0. The Morgan fingerprint density at radius 3 is 0.791 bits per heavy atom. The first-order valence-corrected chi connectivity index (χ1v) is 11.2. The summed E-state index contributed by atoms with van der Waals surface area (Å²) in [7, 11) is -16.5. The van der Waals surface area contributed by atoms with Gasteiger partial charge in [-0.25, -0.2) is 0 Å². The van der Waals surface area contributed by atoms with Gasteiger partial charge in [-0.2, -0.15) is 105 Å². The summed E-state index contributed by atoms with van der Waals surface area (Å²) >= 11 is 0. The highest BCUT2D eigenvalue weighted by Crippen LogP contribution is 2.57. The summed E-state index contributed by atoms with van der Waals surface area (Å²) < 4.78 is 331. The van der Waals surface area contributed by atoms with Crippen molar-refractivity contribution in [3.05, 3.63) is 24.1 Å². The van der Waals surface area contributed by atoms with Gasteiger partial charge in [0.1, 0.15) is 0 Å². The molecular weight excluding hydrogens is 738 g/mol. The van der Waals surface area contributed by atoms with Crippen molar-refractivity contribution in [2.24, 2.45) is 0 Å². The van der Waals surface area contributed by atoms with Crippen LogP contribution in [0.2, 0.25) is 0 Å². The Bertz CT molecular complexity index is 1250. The van der Waals surface area contributed by atoms with Crippen molar-refractivity contribution in [1.82, 2.24) is 0 Å². The molecule has 0 aromatic heterocycles. The van der Waals surface area contributed by atoms with E-state index in [0.717, 1.165) is 0 Å². The molecule has 0 aromatic carbocycles. The van der Waals surface area contributed by atoms with Gasteiger partial charge in [0.2, 0.25) is 0 Å². The predicted molar refractivity (Wildman–Crippen MR) is 81.4 cm³/mol. The summed E-state index contributed by atoms with van der Waals surface area (Å²) in [5.74, 6) is -32.7. The topological polar surface area (TPSA) is 96.0 Å². The van der Waals surface area contributed by atoms with E-state index in [1.54, 1.807) is 9.47 Å². The van der Waals surface area contributed by atoms with E-state index in [4.69, 9.17) is 0 Å². The van der Waals surface area contributed by atoms with Crippen molar-refractivity contribution in [2.75, 3.05) is 0 Å². The van der Waals surface area contributed by atoms with Crippen molar-refractivity contribution in [1.29, 1.82) is 0 Å². The van der Waals surface area contributed by atoms with Gasteiger partial charge in [-0.15, -0.1) is 0 Å². The molecule has 0 aliphatic rings. The fourth-order valence-electron chi connectivity index (χ4n) is 1.63. The molecule has 0 unspecified atom stereocenters. The maximum atomic E-state index is 13.2. The second kappa shape index (κ2) is 11.0. The first-order valence-electron chi connectivity index (χ1n) is 8.39. The summed E-state index contributed by atoms with van der Waals surface area (Å²) in [4.78, 5) is 0. The fourth-order valence-corrected chi connectivity index (χ4v) is 2.50. The van der Waals surface area contributed by atoms with Crippen molar-refractivity contribution < 1.29 is 127 Å². The highest BCUT2D eigenvalue weighted by atomic mass is 32.3. The molecule has 0 N–H and O–H groups in total. The number of hydrogen-bond donors (Lipinski definition) is 0. The van der Waals surface area contributed by atoms with Crippen molar-refractivity contribution in [2.45, 2.75) is 46.4 Å². The molecule has 0 radical (unpaired) electrons. The van der Waals surface area contributed by atoms with Crippen LogP contribution in [0, 0.1) is 0 Å². The molecule has 0 amide bonds. The van der Waals surface area contributed by atoms with E-state index in [-0.39, 0.29) is 0 Å². The molecule has 0 bridgehead atoms. The second-order valence-corrected chi connectivity index (χ2v) is 9.42. The van der Waals surface area contributed by atoms with E-state index in [9.17, 15) is 112 Å². The standard InChI is InChI=1S/C12F22O7S2/c13-1(3(15)40-9(25,26)5(17,18)7(21,22)11(29,30)42(33,35)36)39-2(14)4(16)41-10(27,28)6(19,20)8(23,24)12(31,32)43(34,37)38. The number of hydrogen-bond acceptors (Lipinski definition) is 7. The molecule has 0 heterocycles. The lowest BCUT2D eigenvalue weighted by molar-refractivity contribution is -0.414. The van der Waals surface area contributed by atoms with Crippen LogP contribution in [-0.4, -0.2) is 63.3 Å². The van der Waals surface area contributed by atoms with Crippen LogP contribution in [0.1, 0.15) is 0 Å². The molecule has 0 spiro atoms. The zero-order valence-electron chi connectivity index (χ0n) is 18.0. The SMILES string of the molecule is O=S(=O)(F)C(F)(F)C(F)(F)C(F)(F)C(F)(F)OC(F)=C(F)OC(F)=C(F)OC(F)(F)C(F)(F)C(F)(F)C(F)(F)S(=O)(=O)F. The molecular formula is C12F22O7S2. The minimum Gasteiger partial charge on any atom is -0.397 e. The summed E-state index contributed by atoms with van der Waals surface area (Å²) in [6.45, 7) is 0. The van der Waals surface area contributed by atoms with Gasteiger partial charge in [0.25, 0.3) is 0 Å². The van der Waals surface area contributed by atoms with Crippen molar-refractivity contribution in [3.8, 4) is 0 Å². The van der Waals surface area contributed by atoms with Crippen LogP contribution < -0.4 is 0 Å². The van der Waals surface area contributed by atoms with Gasteiger partial charge >= 0.3 is 90.9 Å². The lowest BCUT2D eigenvalue weighted by Gasteiger charge is -2.33. The van der Waals surface area contributed by atoms with Gasteiger partial charge in [-0.1, -0.05) is 7.77 Å². The molecule has 0 fully saturated rings. The molecule has 31 heteroatoms. The molecule has 0 aliphatic heterocycles. The first kappa shape index (κ1) is 40.2. The zero-order valence-corrected chi connectivity index (χ0v) is 19.6. The Labute approximate surface area is 218 Å². The highest BCUT2D eigenvalue weighted by Gasteiger charge is 2.88. The Balaban J connectivity index is 6.37. The minimum absolute atomic E-state index is 1.71. The number of halogens is 22. The van der Waals surface area contributed by atoms with E-state index in [0.29, 0.717) is 0 Å². The maximum Gasteiger partial charge on any atom is 0.473 e. The Morgan fingerprint density at radius 1 is 0.395 bits per heavy atom. The van der Waals surface area contributed by atoms with Crippen LogP contribution in [0.4, 0.5) is 95.6 Å².